The summed E-state index contributed by atoms with van der Waals surface area (Å²) in [4.78, 5) is 22.6. The normalized spacial score (nSPS) is 9.50. The van der Waals surface area contributed by atoms with Crippen LogP contribution in [0.1, 0.15) is 31.8 Å². The van der Waals surface area contributed by atoms with Crippen LogP contribution in [0.3, 0.4) is 0 Å². The summed E-state index contributed by atoms with van der Waals surface area (Å²) in [6.07, 6.45) is 1.53. The molecule has 0 aliphatic rings. The highest BCUT2D eigenvalue weighted by atomic mass is 32.1. The van der Waals surface area contributed by atoms with Crippen LogP contribution in [0, 0.1) is 11.8 Å². The van der Waals surface area contributed by atoms with Crippen LogP contribution in [0.2, 0.25) is 0 Å². The van der Waals surface area contributed by atoms with Gasteiger partial charge < -0.3 is 0 Å². The lowest BCUT2D eigenvalue weighted by Gasteiger charge is -1.99. The number of thiol groups is 2. The van der Waals surface area contributed by atoms with Gasteiger partial charge in [-0.2, -0.15) is 0 Å². The summed E-state index contributed by atoms with van der Waals surface area (Å²) in [5, 5.41) is 0. The zero-order chi connectivity index (χ0) is 14.5. The third kappa shape index (κ3) is 3.32. The zero-order valence-corrected chi connectivity index (χ0v) is 12.1. The summed E-state index contributed by atoms with van der Waals surface area (Å²) in [5.74, 6) is 5.96. The van der Waals surface area contributed by atoms with E-state index >= 15 is 0 Å². The van der Waals surface area contributed by atoms with Gasteiger partial charge in [0.1, 0.15) is 12.6 Å². The van der Waals surface area contributed by atoms with E-state index in [1.165, 1.54) is 0 Å². The Morgan fingerprint density at radius 3 is 1.45 bits per heavy atom. The summed E-state index contributed by atoms with van der Waals surface area (Å²) in [6.45, 7) is 0. The van der Waals surface area contributed by atoms with Gasteiger partial charge >= 0.3 is 0 Å². The number of hydrogen-bond acceptors (Lipinski definition) is 4. The fraction of sp³-hybridized carbons (Fsp3) is 0. The molecular weight excluding hydrogens is 288 g/mol. The Bertz CT molecular complexity index is 678. The first kappa shape index (κ1) is 14.4. The monoisotopic (exact) mass is 298 g/mol. The fourth-order valence-corrected chi connectivity index (χ4v) is 2.15. The molecule has 0 saturated carbocycles. The van der Waals surface area contributed by atoms with Crippen LogP contribution >= 0.6 is 25.3 Å². The molecule has 98 valence electrons. The summed E-state index contributed by atoms with van der Waals surface area (Å²) in [6, 6.07) is 10.2. The van der Waals surface area contributed by atoms with Gasteiger partial charge in [0, 0.05) is 32.0 Å². The van der Waals surface area contributed by atoms with Crippen molar-refractivity contribution in [3.05, 3.63) is 58.7 Å². The maximum Gasteiger partial charge on any atom is 0.150 e. The Labute approximate surface area is 128 Å². The molecule has 2 rings (SSSR count). The van der Waals surface area contributed by atoms with Gasteiger partial charge in [0.15, 0.2) is 0 Å². The van der Waals surface area contributed by atoms with Crippen LogP contribution < -0.4 is 0 Å². The van der Waals surface area contributed by atoms with Gasteiger partial charge in [-0.05, 0) is 24.3 Å². The molecule has 0 saturated heterocycles. The predicted molar refractivity (Wildman–Crippen MR) is 84.1 cm³/mol. The largest absolute Gasteiger partial charge is 0.298 e. The van der Waals surface area contributed by atoms with E-state index in [1.54, 1.807) is 36.4 Å². The summed E-state index contributed by atoms with van der Waals surface area (Å²) < 4.78 is 0. The third-order valence-electron chi connectivity index (χ3n) is 2.65. The molecule has 20 heavy (non-hydrogen) atoms. The van der Waals surface area contributed by atoms with Crippen molar-refractivity contribution in [1.82, 2.24) is 0 Å². The molecule has 0 aromatic heterocycles. The lowest BCUT2D eigenvalue weighted by molar-refractivity contribution is 0.111. The van der Waals surface area contributed by atoms with Gasteiger partial charge in [0.25, 0.3) is 0 Å². The number of hydrogen-bond donors (Lipinski definition) is 2. The smallest absolute Gasteiger partial charge is 0.150 e. The molecular formula is C16H10O2S2. The van der Waals surface area contributed by atoms with E-state index in [0.29, 0.717) is 20.9 Å². The first-order valence-electron chi connectivity index (χ1n) is 5.72. The van der Waals surface area contributed by atoms with Crippen molar-refractivity contribution in [2.75, 3.05) is 0 Å². The lowest BCUT2D eigenvalue weighted by atomic mass is 10.1. The van der Waals surface area contributed by atoms with Crippen molar-refractivity contribution < 1.29 is 9.59 Å². The average molecular weight is 298 g/mol. The SMILES string of the molecule is O=Cc1ccc(C#Cc2ccc(C=O)cc2S)c(S)c1. The van der Waals surface area contributed by atoms with Gasteiger partial charge in [-0.25, -0.2) is 0 Å². The Balaban J connectivity index is 2.35. The summed E-state index contributed by atoms with van der Waals surface area (Å²) in [5.41, 5.74) is 2.58. The minimum Gasteiger partial charge on any atom is -0.298 e. The molecule has 0 amide bonds. The van der Waals surface area contributed by atoms with Crippen LogP contribution in [-0.2, 0) is 0 Å². The molecule has 0 heterocycles. The van der Waals surface area contributed by atoms with Crippen molar-refractivity contribution >= 4 is 37.8 Å². The molecule has 0 spiro atoms. The quantitative estimate of drug-likeness (QED) is 0.507. The molecule has 0 bridgehead atoms. The van der Waals surface area contributed by atoms with Crippen LogP contribution in [0.25, 0.3) is 0 Å². The second kappa shape index (κ2) is 6.47. The van der Waals surface area contributed by atoms with Gasteiger partial charge in [0.05, 0.1) is 0 Å². The average Bonchev–Trinajstić information content (AvgIpc) is 2.46. The molecule has 0 unspecified atom stereocenters. The van der Waals surface area contributed by atoms with Crippen molar-refractivity contribution in [3.63, 3.8) is 0 Å². The number of rotatable bonds is 2. The molecule has 2 aromatic carbocycles. The van der Waals surface area contributed by atoms with E-state index in [0.717, 1.165) is 23.7 Å². The van der Waals surface area contributed by atoms with E-state index in [9.17, 15) is 9.59 Å². The van der Waals surface area contributed by atoms with E-state index < -0.39 is 0 Å². The second-order valence-electron chi connectivity index (χ2n) is 4.04. The van der Waals surface area contributed by atoms with Gasteiger partial charge in [-0.15, -0.1) is 25.3 Å². The summed E-state index contributed by atoms with van der Waals surface area (Å²) >= 11 is 8.60. The number of benzene rings is 2. The highest BCUT2D eigenvalue weighted by molar-refractivity contribution is 7.80. The topological polar surface area (TPSA) is 34.1 Å². The molecule has 4 heteroatoms. The van der Waals surface area contributed by atoms with Crippen molar-refractivity contribution in [3.8, 4) is 11.8 Å². The highest BCUT2D eigenvalue weighted by Gasteiger charge is 1.99. The number of carbonyl (C=O) groups is 2. The van der Waals surface area contributed by atoms with Gasteiger partial charge in [-0.1, -0.05) is 24.0 Å². The van der Waals surface area contributed by atoms with Crippen molar-refractivity contribution in [2.24, 2.45) is 0 Å². The second-order valence-corrected chi connectivity index (χ2v) is 5.00. The zero-order valence-electron chi connectivity index (χ0n) is 10.3. The van der Waals surface area contributed by atoms with E-state index in [1.807, 2.05) is 0 Å². The highest BCUT2D eigenvalue weighted by Crippen LogP contribution is 2.17. The predicted octanol–water partition coefficient (Wildman–Crippen LogP) is 3.29. The molecule has 0 N–H and O–H groups in total. The first-order valence-corrected chi connectivity index (χ1v) is 6.62. The molecule has 0 radical (unpaired) electrons. The molecule has 2 aromatic rings. The minimum absolute atomic E-state index is 0.561. The Morgan fingerprint density at radius 2 is 1.15 bits per heavy atom. The molecule has 0 fully saturated rings. The molecule has 0 aliphatic carbocycles. The molecule has 2 nitrogen and oxygen atoms in total. The maximum atomic E-state index is 10.6. The molecule has 0 atom stereocenters. The van der Waals surface area contributed by atoms with Gasteiger partial charge in [-0.3, -0.25) is 9.59 Å². The van der Waals surface area contributed by atoms with Crippen molar-refractivity contribution in [1.29, 1.82) is 0 Å². The van der Waals surface area contributed by atoms with Crippen LogP contribution in [-0.4, -0.2) is 12.6 Å². The third-order valence-corrected chi connectivity index (χ3v) is 3.39. The number of carbonyl (C=O) groups excluding carboxylic acids is 2. The van der Waals surface area contributed by atoms with Crippen LogP contribution in [0.4, 0.5) is 0 Å². The fourth-order valence-electron chi connectivity index (χ4n) is 1.59. The Morgan fingerprint density at radius 1 is 0.750 bits per heavy atom. The Hall–Kier alpha value is -1.96. The van der Waals surface area contributed by atoms with Crippen molar-refractivity contribution in [2.45, 2.75) is 9.79 Å². The lowest BCUT2D eigenvalue weighted by Crippen LogP contribution is -1.86. The van der Waals surface area contributed by atoms with Crippen LogP contribution in [0.15, 0.2) is 46.2 Å². The maximum absolute atomic E-state index is 10.6. The van der Waals surface area contributed by atoms with E-state index in [4.69, 9.17) is 0 Å². The molecule has 0 aliphatic heterocycles. The van der Waals surface area contributed by atoms with E-state index in [-0.39, 0.29) is 0 Å². The first-order chi connectivity index (χ1) is 9.63. The number of aldehydes is 2. The van der Waals surface area contributed by atoms with Gasteiger partial charge in [0.2, 0.25) is 0 Å². The minimum atomic E-state index is 0.561. The standard InChI is InChI=1S/C16H10O2S2/c17-9-11-1-3-13(15(19)7-11)5-6-14-4-2-12(10-18)8-16(14)20/h1-4,7-10,19-20H. The van der Waals surface area contributed by atoms with Crippen LogP contribution in [0.5, 0.6) is 0 Å². The summed E-state index contributed by atoms with van der Waals surface area (Å²) in [7, 11) is 0. The Kier molecular flexibility index (Phi) is 4.67. The van der Waals surface area contributed by atoms with E-state index in [2.05, 4.69) is 37.1 Å².